The highest BCUT2D eigenvalue weighted by molar-refractivity contribution is 6.02. The van der Waals surface area contributed by atoms with Crippen LogP contribution < -0.4 is 10.4 Å². The van der Waals surface area contributed by atoms with E-state index >= 15 is 0 Å². The fourth-order valence-electron chi connectivity index (χ4n) is 5.30. The first kappa shape index (κ1) is 26.3. The van der Waals surface area contributed by atoms with Crippen molar-refractivity contribution in [2.45, 2.75) is 44.0 Å². The molecule has 39 heavy (non-hydrogen) atoms. The van der Waals surface area contributed by atoms with E-state index in [1.807, 2.05) is 6.07 Å². The van der Waals surface area contributed by atoms with Gasteiger partial charge in [0.25, 0.3) is 0 Å². The van der Waals surface area contributed by atoms with E-state index in [1.54, 1.807) is 25.3 Å². The Morgan fingerprint density at radius 2 is 2.00 bits per heavy atom. The molecule has 0 amide bonds. The number of nitrogens with zero attached hydrogens (tertiary/aromatic N) is 2. The maximum absolute atomic E-state index is 13.6. The lowest BCUT2D eigenvalue weighted by Gasteiger charge is -2.51. The molecule has 0 bridgehead atoms. The van der Waals surface area contributed by atoms with Crippen LogP contribution in [-0.4, -0.2) is 50.9 Å². The average Bonchev–Trinajstić information content (AvgIpc) is 2.92. The Morgan fingerprint density at radius 3 is 2.67 bits per heavy atom. The molecule has 5 atom stereocenters. The third-order valence-corrected chi connectivity index (χ3v) is 7.76. The topological polar surface area (TPSA) is 160 Å². The van der Waals surface area contributed by atoms with Crippen molar-refractivity contribution in [3.63, 3.8) is 0 Å². The summed E-state index contributed by atoms with van der Waals surface area (Å²) in [6.07, 6.45) is 2.05. The van der Waals surface area contributed by atoms with Gasteiger partial charge in [0.05, 0.1) is 34.8 Å². The van der Waals surface area contributed by atoms with Crippen molar-refractivity contribution in [1.82, 2.24) is 4.98 Å². The normalized spacial score (nSPS) is 25.3. The van der Waals surface area contributed by atoms with Gasteiger partial charge in [-0.15, -0.1) is 0 Å². The molecule has 1 fully saturated rings. The molecule has 0 spiro atoms. The smallest absolute Gasteiger partial charge is 0.351 e. The molecule has 10 heteroatoms. The quantitative estimate of drug-likeness (QED) is 0.470. The van der Waals surface area contributed by atoms with E-state index in [2.05, 4.69) is 4.98 Å². The van der Waals surface area contributed by atoms with Gasteiger partial charge in [-0.25, -0.2) is 9.59 Å². The van der Waals surface area contributed by atoms with E-state index in [0.717, 1.165) is 0 Å². The van der Waals surface area contributed by atoms with Crippen molar-refractivity contribution in [2.24, 2.45) is 11.8 Å². The molecule has 3 heterocycles. The molecular weight excluding hydrogens is 504 g/mol. The van der Waals surface area contributed by atoms with Gasteiger partial charge in [0, 0.05) is 24.0 Å². The van der Waals surface area contributed by atoms with Gasteiger partial charge in [0.15, 0.2) is 5.78 Å². The third-order valence-electron chi connectivity index (χ3n) is 7.76. The number of fused-ring (bicyclic) bond motifs is 2. The van der Waals surface area contributed by atoms with E-state index in [1.165, 1.54) is 43.5 Å². The monoisotopic (exact) mass is 530 g/mol. The summed E-state index contributed by atoms with van der Waals surface area (Å²) in [5.41, 5.74) is -2.93. The summed E-state index contributed by atoms with van der Waals surface area (Å²) < 4.78 is 16.9. The van der Waals surface area contributed by atoms with Gasteiger partial charge in [0.1, 0.15) is 29.3 Å². The van der Waals surface area contributed by atoms with Crippen LogP contribution in [0.2, 0.25) is 0 Å². The molecule has 10 nitrogen and oxygen atoms in total. The van der Waals surface area contributed by atoms with E-state index in [0.29, 0.717) is 11.1 Å². The van der Waals surface area contributed by atoms with Crippen LogP contribution in [0.15, 0.2) is 64.1 Å². The Kier molecular flexibility index (Phi) is 6.58. The van der Waals surface area contributed by atoms with Gasteiger partial charge < -0.3 is 24.1 Å². The minimum absolute atomic E-state index is 0.0226. The number of pyridine rings is 1. The predicted octanol–water partition coefficient (Wildman–Crippen LogP) is 2.90. The molecule has 5 rings (SSSR count). The van der Waals surface area contributed by atoms with E-state index in [-0.39, 0.29) is 35.5 Å². The number of Topliss-reactive ketones (excluding diaryl/α,β-unsaturated/α-hetero) is 1. The summed E-state index contributed by atoms with van der Waals surface area (Å²) in [6, 6.07) is 12.7. The number of aliphatic hydroxyl groups is 2. The summed E-state index contributed by atoms with van der Waals surface area (Å²) in [5, 5.41) is 31.3. The molecule has 1 saturated carbocycles. The number of carbonyl (C=O) groups is 2. The number of rotatable bonds is 5. The molecule has 3 aromatic rings. The second kappa shape index (κ2) is 9.76. The second-order valence-corrected chi connectivity index (χ2v) is 10.4. The number of ether oxygens (including phenoxy) is 2. The van der Waals surface area contributed by atoms with Crippen LogP contribution in [-0.2, 0) is 4.74 Å². The first-order valence-corrected chi connectivity index (χ1v) is 12.4. The summed E-state index contributed by atoms with van der Waals surface area (Å²) >= 11 is 0. The van der Waals surface area contributed by atoms with Crippen LogP contribution in [0.4, 0.5) is 0 Å². The molecule has 1 unspecified atom stereocenters. The summed E-state index contributed by atoms with van der Waals surface area (Å²) in [4.78, 5) is 43.0. The fourth-order valence-corrected chi connectivity index (χ4v) is 5.30. The Balaban J connectivity index is 1.36. The van der Waals surface area contributed by atoms with Crippen molar-refractivity contribution in [3.05, 3.63) is 82.0 Å². The predicted molar refractivity (Wildman–Crippen MR) is 136 cm³/mol. The summed E-state index contributed by atoms with van der Waals surface area (Å²) in [7, 11) is 0. The number of esters is 1. The SMILES string of the molecule is CC(O)(COC(=O)c1ccc(C#N)cc1)[C@@H]1C[C@H](O)[C@@]2(C)Oc3cc(-c4cccnc4)oc(=O)c3C(=O)[C@@H]2C1. The number of carbonyl (C=O) groups excluding carboxylic acids is 2. The average molecular weight is 531 g/mol. The molecule has 2 aliphatic rings. The van der Waals surface area contributed by atoms with Crippen LogP contribution in [0.5, 0.6) is 5.75 Å². The van der Waals surface area contributed by atoms with Crippen molar-refractivity contribution in [3.8, 4) is 23.1 Å². The van der Waals surface area contributed by atoms with Gasteiger partial charge in [0.2, 0.25) is 0 Å². The first-order chi connectivity index (χ1) is 18.5. The van der Waals surface area contributed by atoms with Crippen molar-refractivity contribution >= 4 is 11.8 Å². The molecule has 0 radical (unpaired) electrons. The maximum Gasteiger partial charge on any atom is 0.351 e. The lowest BCUT2D eigenvalue weighted by atomic mass is 9.62. The van der Waals surface area contributed by atoms with Crippen LogP contribution >= 0.6 is 0 Å². The highest BCUT2D eigenvalue weighted by Gasteiger charge is 2.58. The standard InChI is InChI=1S/C29H26N2O8/c1-28(36,15-37-26(34)17-7-5-16(13-30)6-8-17)19-10-20-25(33)24-22(39-29(20,2)23(32)11-19)12-21(38-27(24)35)18-4-3-9-31-14-18/h3-9,12,14,19-20,23,32,36H,10-11,15H2,1-2H3/t19-,20-,23-,28?,29-/m0/s1. The number of nitriles is 1. The van der Waals surface area contributed by atoms with E-state index in [9.17, 15) is 24.6 Å². The maximum atomic E-state index is 13.6. The minimum atomic E-state index is -1.60. The van der Waals surface area contributed by atoms with Gasteiger partial charge >= 0.3 is 11.6 Å². The zero-order valence-corrected chi connectivity index (χ0v) is 21.3. The molecule has 1 aliphatic heterocycles. The highest BCUT2D eigenvalue weighted by Crippen LogP contribution is 2.48. The van der Waals surface area contributed by atoms with Gasteiger partial charge in [-0.1, -0.05) is 0 Å². The van der Waals surface area contributed by atoms with Crippen molar-refractivity contribution in [1.29, 1.82) is 5.26 Å². The number of aromatic nitrogens is 1. The van der Waals surface area contributed by atoms with Gasteiger partial charge in [-0.2, -0.15) is 5.26 Å². The number of hydrogen-bond acceptors (Lipinski definition) is 10. The molecule has 1 aromatic carbocycles. The van der Waals surface area contributed by atoms with Gasteiger partial charge in [-0.3, -0.25) is 9.78 Å². The van der Waals surface area contributed by atoms with E-state index in [4.69, 9.17) is 19.2 Å². The highest BCUT2D eigenvalue weighted by atomic mass is 16.5. The largest absolute Gasteiger partial charge is 0.483 e. The summed E-state index contributed by atoms with van der Waals surface area (Å²) in [6.45, 7) is 2.68. The third kappa shape index (κ3) is 4.71. The van der Waals surface area contributed by atoms with Crippen LogP contribution in [0.3, 0.4) is 0 Å². The first-order valence-electron chi connectivity index (χ1n) is 12.4. The fraction of sp³-hybridized carbons (Fsp3) is 0.345. The van der Waals surface area contributed by atoms with Crippen molar-refractivity contribution in [2.75, 3.05) is 6.61 Å². The Bertz CT molecular complexity index is 1520. The number of benzene rings is 1. The Morgan fingerprint density at radius 1 is 1.26 bits per heavy atom. The van der Waals surface area contributed by atoms with E-state index < -0.39 is 53.1 Å². The van der Waals surface area contributed by atoms with Crippen molar-refractivity contribution < 1.29 is 33.7 Å². The van der Waals surface area contributed by atoms with Crippen LogP contribution in [0.1, 0.15) is 53.0 Å². The lowest BCUT2D eigenvalue weighted by molar-refractivity contribution is -0.150. The number of hydrogen-bond donors (Lipinski definition) is 2. The lowest BCUT2D eigenvalue weighted by Crippen LogP contribution is -2.62. The summed E-state index contributed by atoms with van der Waals surface area (Å²) in [5.74, 6) is -2.64. The Hall–Kier alpha value is -4.33. The zero-order chi connectivity index (χ0) is 27.9. The van der Waals surface area contributed by atoms with Crippen LogP contribution in [0.25, 0.3) is 11.3 Å². The zero-order valence-electron chi connectivity index (χ0n) is 21.3. The van der Waals surface area contributed by atoms with Crippen LogP contribution in [0, 0.1) is 23.2 Å². The number of aliphatic hydroxyl groups excluding tert-OH is 1. The number of ketones is 1. The second-order valence-electron chi connectivity index (χ2n) is 10.4. The molecule has 200 valence electrons. The molecular formula is C29H26N2O8. The molecule has 1 aliphatic carbocycles. The Labute approximate surface area is 223 Å². The minimum Gasteiger partial charge on any atom is -0.483 e. The molecule has 2 N–H and O–H groups in total. The molecule has 0 saturated heterocycles. The van der Waals surface area contributed by atoms with Gasteiger partial charge in [-0.05, 0) is 69.0 Å². The molecule has 2 aromatic heterocycles.